The van der Waals surface area contributed by atoms with Gasteiger partial charge in [-0.3, -0.25) is 0 Å². The maximum atomic E-state index is 5.99. The molecule has 0 aromatic heterocycles. The summed E-state index contributed by atoms with van der Waals surface area (Å²) in [5, 5.41) is 0.683. The second-order valence-electron chi connectivity index (χ2n) is 4.35. The number of hydrogen-bond acceptors (Lipinski definition) is 2. The summed E-state index contributed by atoms with van der Waals surface area (Å²) in [5.41, 5.74) is 2.14. The third kappa shape index (κ3) is 2.45. The van der Waals surface area contributed by atoms with Gasteiger partial charge in [-0.25, -0.2) is 0 Å². The van der Waals surface area contributed by atoms with E-state index in [0.717, 1.165) is 22.6 Å². The van der Waals surface area contributed by atoms with E-state index >= 15 is 0 Å². The van der Waals surface area contributed by atoms with Crippen LogP contribution in [0.5, 0.6) is 11.5 Å². The summed E-state index contributed by atoms with van der Waals surface area (Å²) in [5.74, 6) is 1.66. The minimum Gasteiger partial charge on any atom is -0.497 e. The summed E-state index contributed by atoms with van der Waals surface area (Å²) in [6.45, 7) is 0. The SMILES string of the molecule is COc1ccc([C@H]2C=Cc3ccc(Cl)cc3O2)cc1. The highest BCUT2D eigenvalue weighted by Crippen LogP contribution is 2.34. The Labute approximate surface area is 117 Å². The van der Waals surface area contributed by atoms with E-state index in [9.17, 15) is 0 Å². The van der Waals surface area contributed by atoms with Crippen LogP contribution in [0.4, 0.5) is 0 Å². The van der Waals surface area contributed by atoms with E-state index in [2.05, 4.69) is 6.08 Å². The Balaban J connectivity index is 1.88. The van der Waals surface area contributed by atoms with E-state index in [-0.39, 0.29) is 6.10 Å². The van der Waals surface area contributed by atoms with E-state index in [1.165, 1.54) is 0 Å². The first-order chi connectivity index (χ1) is 9.26. The van der Waals surface area contributed by atoms with Crippen LogP contribution in [0.1, 0.15) is 17.2 Å². The molecule has 2 aromatic rings. The zero-order valence-electron chi connectivity index (χ0n) is 10.5. The lowest BCUT2D eigenvalue weighted by Crippen LogP contribution is -2.08. The lowest BCUT2D eigenvalue weighted by atomic mass is 10.0. The van der Waals surface area contributed by atoms with E-state index in [1.54, 1.807) is 7.11 Å². The van der Waals surface area contributed by atoms with Gasteiger partial charge in [-0.15, -0.1) is 0 Å². The van der Waals surface area contributed by atoms with Gasteiger partial charge in [0.15, 0.2) is 0 Å². The molecule has 0 aliphatic carbocycles. The first-order valence-corrected chi connectivity index (χ1v) is 6.42. The summed E-state index contributed by atoms with van der Waals surface area (Å²) in [4.78, 5) is 0. The van der Waals surface area contributed by atoms with Crippen molar-refractivity contribution in [1.82, 2.24) is 0 Å². The van der Waals surface area contributed by atoms with Crippen LogP contribution >= 0.6 is 11.6 Å². The van der Waals surface area contributed by atoms with E-state index in [4.69, 9.17) is 21.1 Å². The Morgan fingerprint density at radius 2 is 1.89 bits per heavy atom. The summed E-state index contributed by atoms with van der Waals surface area (Å²) in [7, 11) is 1.66. The molecular weight excluding hydrogens is 260 g/mol. The fourth-order valence-electron chi connectivity index (χ4n) is 2.09. The van der Waals surface area contributed by atoms with Crippen LogP contribution in [0.3, 0.4) is 0 Å². The normalized spacial score (nSPS) is 16.6. The standard InChI is InChI=1S/C16H13ClO2/c1-18-14-7-3-11(4-8-14)15-9-5-12-2-6-13(17)10-16(12)19-15/h2-10,15H,1H3/t15-/m1/s1. The van der Waals surface area contributed by atoms with Crippen molar-refractivity contribution in [2.45, 2.75) is 6.10 Å². The average Bonchev–Trinajstić information content (AvgIpc) is 2.46. The predicted molar refractivity (Wildman–Crippen MR) is 76.8 cm³/mol. The van der Waals surface area contributed by atoms with Crippen LogP contribution < -0.4 is 9.47 Å². The van der Waals surface area contributed by atoms with Gasteiger partial charge in [-0.1, -0.05) is 29.8 Å². The number of ether oxygens (including phenoxy) is 2. The Bertz CT molecular complexity index is 617. The van der Waals surface area contributed by atoms with Gasteiger partial charge in [-0.05, 0) is 42.0 Å². The van der Waals surface area contributed by atoms with Gasteiger partial charge in [0.25, 0.3) is 0 Å². The predicted octanol–water partition coefficient (Wildman–Crippen LogP) is 4.50. The van der Waals surface area contributed by atoms with E-state index in [1.807, 2.05) is 48.5 Å². The summed E-state index contributed by atoms with van der Waals surface area (Å²) in [6, 6.07) is 13.5. The smallest absolute Gasteiger partial charge is 0.142 e. The lowest BCUT2D eigenvalue weighted by molar-refractivity contribution is 0.251. The number of hydrogen-bond donors (Lipinski definition) is 0. The van der Waals surface area contributed by atoms with Crippen molar-refractivity contribution in [3.8, 4) is 11.5 Å². The van der Waals surface area contributed by atoms with Gasteiger partial charge in [0, 0.05) is 10.6 Å². The maximum absolute atomic E-state index is 5.99. The topological polar surface area (TPSA) is 18.5 Å². The molecule has 0 fully saturated rings. The van der Waals surface area contributed by atoms with Crippen molar-refractivity contribution in [1.29, 1.82) is 0 Å². The van der Waals surface area contributed by atoms with Gasteiger partial charge >= 0.3 is 0 Å². The highest BCUT2D eigenvalue weighted by molar-refractivity contribution is 6.30. The Morgan fingerprint density at radius 3 is 2.63 bits per heavy atom. The Morgan fingerprint density at radius 1 is 1.11 bits per heavy atom. The molecule has 0 saturated carbocycles. The first-order valence-electron chi connectivity index (χ1n) is 6.04. The molecule has 0 amide bonds. The minimum atomic E-state index is -0.0862. The van der Waals surface area contributed by atoms with Gasteiger partial charge in [0.05, 0.1) is 7.11 Å². The van der Waals surface area contributed by atoms with Crippen LogP contribution in [0.25, 0.3) is 6.08 Å². The summed E-state index contributed by atoms with van der Waals surface area (Å²) < 4.78 is 11.1. The second-order valence-corrected chi connectivity index (χ2v) is 4.79. The van der Waals surface area contributed by atoms with Gasteiger partial charge < -0.3 is 9.47 Å². The number of fused-ring (bicyclic) bond motifs is 1. The molecule has 19 heavy (non-hydrogen) atoms. The summed E-state index contributed by atoms with van der Waals surface area (Å²) >= 11 is 5.99. The highest BCUT2D eigenvalue weighted by atomic mass is 35.5. The third-order valence-corrected chi connectivity index (χ3v) is 3.36. The molecule has 1 aliphatic heterocycles. The molecule has 0 spiro atoms. The quantitative estimate of drug-likeness (QED) is 0.802. The monoisotopic (exact) mass is 272 g/mol. The van der Waals surface area contributed by atoms with Gasteiger partial charge in [0.2, 0.25) is 0 Å². The van der Waals surface area contributed by atoms with E-state index in [0.29, 0.717) is 5.02 Å². The number of benzene rings is 2. The Kier molecular flexibility index (Phi) is 3.18. The van der Waals surface area contributed by atoms with Crippen molar-refractivity contribution in [3.63, 3.8) is 0 Å². The van der Waals surface area contributed by atoms with Crippen molar-refractivity contribution in [2.75, 3.05) is 7.11 Å². The first kappa shape index (κ1) is 12.1. The van der Waals surface area contributed by atoms with Gasteiger partial charge in [-0.2, -0.15) is 0 Å². The van der Waals surface area contributed by atoms with E-state index < -0.39 is 0 Å². The molecule has 1 aliphatic rings. The molecule has 2 aromatic carbocycles. The van der Waals surface area contributed by atoms with Crippen LogP contribution in [-0.4, -0.2) is 7.11 Å². The zero-order valence-corrected chi connectivity index (χ0v) is 11.2. The highest BCUT2D eigenvalue weighted by Gasteiger charge is 2.16. The second kappa shape index (κ2) is 4.98. The van der Waals surface area contributed by atoms with Gasteiger partial charge in [0.1, 0.15) is 17.6 Å². The molecule has 1 heterocycles. The molecule has 3 rings (SSSR count). The molecule has 0 unspecified atom stereocenters. The number of halogens is 1. The minimum absolute atomic E-state index is 0.0862. The molecule has 1 atom stereocenters. The summed E-state index contributed by atoms with van der Waals surface area (Å²) in [6.07, 6.45) is 4.01. The molecule has 3 heteroatoms. The largest absolute Gasteiger partial charge is 0.497 e. The van der Waals surface area contributed by atoms with Crippen LogP contribution in [0, 0.1) is 0 Å². The number of methoxy groups -OCH3 is 1. The lowest BCUT2D eigenvalue weighted by Gasteiger charge is -2.22. The average molecular weight is 273 g/mol. The van der Waals surface area contributed by atoms with Crippen molar-refractivity contribution in [2.24, 2.45) is 0 Å². The maximum Gasteiger partial charge on any atom is 0.142 e. The Hall–Kier alpha value is -1.93. The van der Waals surface area contributed by atoms with Crippen LogP contribution in [-0.2, 0) is 0 Å². The fourth-order valence-corrected chi connectivity index (χ4v) is 2.25. The molecule has 96 valence electrons. The molecule has 0 radical (unpaired) electrons. The fraction of sp³-hybridized carbons (Fsp3) is 0.125. The number of rotatable bonds is 2. The van der Waals surface area contributed by atoms with Crippen molar-refractivity contribution >= 4 is 17.7 Å². The van der Waals surface area contributed by atoms with Crippen LogP contribution in [0.2, 0.25) is 5.02 Å². The van der Waals surface area contributed by atoms with Crippen molar-refractivity contribution < 1.29 is 9.47 Å². The molecule has 0 saturated heterocycles. The van der Waals surface area contributed by atoms with Crippen LogP contribution in [0.15, 0.2) is 48.5 Å². The molecular formula is C16H13ClO2. The third-order valence-electron chi connectivity index (χ3n) is 3.12. The molecule has 0 N–H and O–H groups in total. The van der Waals surface area contributed by atoms with Crippen molar-refractivity contribution in [3.05, 3.63) is 64.7 Å². The zero-order chi connectivity index (χ0) is 13.2. The molecule has 2 nitrogen and oxygen atoms in total. The molecule has 0 bridgehead atoms.